The highest BCUT2D eigenvalue weighted by atomic mass is 35.5. The molecule has 1 aromatic carbocycles. The molecule has 1 aromatic rings. The summed E-state index contributed by atoms with van der Waals surface area (Å²) >= 11 is 5.51. The molecule has 0 aliphatic rings. The molecule has 0 aromatic heterocycles. The summed E-state index contributed by atoms with van der Waals surface area (Å²) in [7, 11) is 0. The van der Waals surface area contributed by atoms with Crippen molar-refractivity contribution in [1.29, 1.82) is 0 Å². The van der Waals surface area contributed by atoms with Crippen LogP contribution in [0.5, 0.6) is 0 Å². The highest BCUT2D eigenvalue weighted by molar-refractivity contribution is 6.30. The van der Waals surface area contributed by atoms with Crippen molar-refractivity contribution in [1.82, 2.24) is 0 Å². The van der Waals surface area contributed by atoms with Crippen LogP contribution in [-0.4, -0.2) is 24.2 Å². The summed E-state index contributed by atoms with van der Waals surface area (Å²) in [5.41, 5.74) is 1.36. The van der Waals surface area contributed by atoms with Gasteiger partial charge in [0.05, 0.1) is 5.69 Å². The molecule has 0 heterocycles. The smallest absolute Gasteiger partial charge is 0.286 e. The van der Waals surface area contributed by atoms with Crippen molar-refractivity contribution < 1.29 is 36.0 Å². The van der Waals surface area contributed by atoms with Crippen LogP contribution in [0.15, 0.2) is 24.3 Å². The topological polar surface area (TPSA) is 38.3 Å². The first kappa shape index (κ1) is 16.6. The number of Topliss-reactive ketones (excluding diaryl/α,β-unsaturated/α-hetero) is 1. The number of alkyl halides is 6. The van der Waals surface area contributed by atoms with Gasteiger partial charge >= 0.3 is 12.3 Å². The Kier molecular flexibility index (Phi) is 4.87. The molecule has 0 saturated carbocycles. The van der Waals surface area contributed by atoms with Gasteiger partial charge in [0.15, 0.2) is 0 Å². The highest BCUT2D eigenvalue weighted by Gasteiger charge is 2.56. The van der Waals surface area contributed by atoms with Gasteiger partial charge in [-0.25, -0.2) is 9.23 Å². The predicted molar refractivity (Wildman–Crippen MR) is 57.1 cm³/mol. The Bertz CT molecular complexity index is 493. The second-order valence-electron chi connectivity index (χ2n) is 3.50. The second kappa shape index (κ2) is 5.88. The summed E-state index contributed by atoms with van der Waals surface area (Å²) in [6.07, 6.45) is -14.9. The Hall–Kier alpha value is -1.48. The summed E-state index contributed by atoms with van der Waals surface area (Å²) in [5.74, 6) is -3.24. The van der Waals surface area contributed by atoms with Crippen LogP contribution in [0.4, 0.5) is 32.0 Å². The second-order valence-corrected chi connectivity index (χ2v) is 3.94. The van der Waals surface area contributed by atoms with Gasteiger partial charge in [0.25, 0.3) is 12.0 Å². The molecule has 0 radical (unpaired) electrons. The molecule has 0 unspecified atom stereocenters. The van der Waals surface area contributed by atoms with Crippen molar-refractivity contribution >= 4 is 23.1 Å². The van der Waals surface area contributed by atoms with E-state index in [9.17, 15) is 31.1 Å². The van der Waals surface area contributed by atoms with Gasteiger partial charge in [0.2, 0.25) is 0 Å². The fourth-order valence-corrected chi connectivity index (χ4v) is 1.22. The highest BCUT2D eigenvalue weighted by Crippen LogP contribution is 2.30. The molecule has 1 rings (SSSR count). The molecule has 0 fully saturated rings. The standard InChI is InChI=1S/C10H6ClF6NO2/c11-5-2-1-3-6(4-5)18-20-10(16,17)7(12)8(19)9(13,14)15/h1-4,7,18H/t7-/m1/s1. The summed E-state index contributed by atoms with van der Waals surface area (Å²) in [5, 5.41) is 0.116. The Labute approximate surface area is 113 Å². The van der Waals surface area contributed by atoms with Crippen molar-refractivity contribution in [2.24, 2.45) is 0 Å². The van der Waals surface area contributed by atoms with Crippen LogP contribution in [-0.2, 0) is 9.63 Å². The lowest BCUT2D eigenvalue weighted by atomic mass is 10.2. The molecule has 20 heavy (non-hydrogen) atoms. The quantitative estimate of drug-likeness (QED) is 0.663. The minimum Gasteiger partial charge on any atom is -0.286 e. The Balaban J connectivity index is 2.72. The van der Waals surface area contributed by atoms with E-state index in [0.29, 0.717) is 0 Å². The van der Waals surface area contributed by atoms with Crippen LogP contribution >= 0.6 is 11.6 Å². The van der Waals surface area contributed by atoms with Crippen LogP contribution in [0, 0.1) is 0 Å². The molecular weight excluding hydrogens is 316 g/mol. The molecule has 10 heteroatoms. The van der Waals surface area contributed by atoms with Crippen LogP contribution < -0.4 is 5.48 Å². The molecule has 0 spiro atoms. The first-order valence-corrected chi connectivity index (χ1v) is 5.24. The fraction of sp³-hybridized carbons (Fsp3) is 0.300. The number of carbonyl (C=O) groups is 1. The molecule has 0 aliphatic heterocycles. The van der Waals surface area contributed by atoms with Gasteiger partial charge in [-0.15, -0.1) is 0 Å². The van der Waals surface area contributed by atoms with E-state index in [1.165, 1.54) is 23.7 Å². The minimum atomic E-state index is -5.73. The summed E-state index contributed by atoms with van der Waals surface area (Å²) in [4.78, 5) is 13.9. The Morgan fingerprint density at radius 3 is 2.35 bits per heavy atom. The monoisotopic (exact) mass is 321 g/mol. The van der Waals surface area contributed by atoms with Crippen molar-refractivity contribution in [2.45, 2.75) is 18.5 Å². The van der Waals surface area contributed by atoms with Gasteiger partial charge in [-0.05, 0) is 18.2 Å². The predicted octanol–water partition coefficient (Wildman–Crippen LogP) is 3.75. The molecule has 0 saturated heterocycles. The zero-order valence-corrected chi connectivity index (χ0v) is 10.1. The normalized spacial score (nSPS) is 13.9. The van der Waals surface area contributed by atoms with Crippen molar-refractivity contribution in [2.75, 3.05) is 5.48 Å². The van der Waals surface area contributed by atoms with E-state index in [4.69, 9.17) is 11.6 Å². The maximum absolute atomic E-state index is 13.0. The van der Waals surface area contributed by atoms with Crippen LogP contribution in [0.3, 0.4) is 0 Å². The fourth-order valence-electron chi connectivity index (χ4n) is 1.03. The van der Waals surface area contributed by atoms with Crippen molar-refractivity contribution in [3.8, 4) is 0 Å². The lowest BCUT2D eigenvalue weighted by Gasteiger charge is -2.20. The average molecular weight is 322 g/mol. The third-order valence-electron chi connectivity index (χ3n) is 1.93. The van der Waals surface area contributed by atoms with E-state index < -0.39 is 24.2 Å². The lowest BCUT2D eigenvalue weighted by molar-refractivity contribution is -0.263. The van der Waals surface area contributed by atoms with E-state index in [1.54, 1.807) is 0 Å². The third kappa shape index (κ3) is 4.27. The molecule has 0 amide bonds. The molecule has 3 nitrogen and oxygen atoms in total. The number of halogens is 7. The largest absolute Gasteiger partial charge is 0.453 e. The van der Waals surface area contributed by atoms with E-state index in [1.807, 2.05) is 0 Å². The number of benzene rings is 1. The summed E-state index contributed by atoms with van der Waals surface area (Å²) < 4.78 is 74.3. The SMILES string of the molecule is O=C([C@@H](F)C(F)(F)ONc1cccc(Cl)c1)C(F)(F)F. The first-order valence-electron chi connectivity index (χ1n) is 4.86. The van der Waals surface area contributed by atoms with E-state index in [0.717, 1.165) is 6.07 Å². The zero-order chi connectivity index (χ0) is 15.6. The number of ketones is 1. The van der Waals surface area contributed by atoms with Gasteiger partial charge in [-0.1, -0.05) is 17.7 Å². The first-order chi connectivity index (χ1) is 9.04. The number of hydrogen-bond donors (Lipinski definition) is 1. The van der Waals surface area contributed by atoms with Crippen molar-refractivity contribution in [3.05, 3.63) is 29.3 Å². The molecule has 0 bridgehead atoms. The van der Waals surface area contributed by atoms with Gasteiger partial charge in [-0.2, -0.15) is 22.0 Å². The van der Waals surface area contributed by atoms with Gasteiger partial charge < -0.3 is 0 Å². The summed E-state index contributed by atoms with van der Waals surface area (Å²) in [6, 6.07) is 4.98. The minimum absolute atomic E-state index is 0.116. The molecular formula is C10H6ClF6NO2. The molecule has 1 atom stereocenters. The van der Waals surface area contributed by atoms with E-state index in [-0.39, 0.29) is 10.7 Å². The number of anilines is 1. The van der Waals surface area contributed by atoms with Crippen LogP contribution in [0.1, 0.15) is 0 Å². The zero-order valence-electron chi connectivity index (χ0n) is 9.35. The molecule has 1 N–H and O–H groups in total. The molecule has 112 valence electrons. The average Bonchev–Trinajstić information content (AvgIpc) is 2.33. The van der Waals surface area contributed by atoms with E-state index in [2.05, 4.69) is 4.84 Å². The summed E-state index contributed by atoms with van der Waals surface area (Å²) in [6.45, 7) is 0. The number of rotatable bonds is 5. The van der Waals surface area contributed by atoms with Crippen LogP contribution in [0.25, 0.3) is 0 Å². The maximum atomic E-state index is 13.0. The maximum Gasteiger partial charge on any atom is 0.453 e. The van der Waals surface area contributed by atoms with E-state index >= 15 is 0 Å². The van der Waals surface area contributed by atoms with Gasteiger partial charge in [-0.3, -0.25) is 10.3 Å². The Morgan fingerprint density at radius 2 is 1.85 bits per heavy atom. The number of carbonyl (C=O) groups excluding carboxylic acids is 1. The number of hydrogen-bond acceptors (Lipinski definition) is 3. The van der Waals surface area contributed by atoms with Gasteiger partial charge in [0, 0.05) is 5.02 Å². The lowest BCUT2D eigenvalue weighted by Crippen LogP contribution is -2.46. The van der Waals surface area contributed by atoms with Crippen molar-refractivity contribution in [3.63, 3.8) is 0 Å². The molecule has 0 aliphatic carbocycles. The van der Waals surface area contributed by atoms with Gasteiger partial charge in [0.1, 0.15) is 0 Å². The third-order valence-corrected chi connectivity index (χ3v) is 2.17. The number of nitrogens with one attached hydrogen (secondary N) is 1. The Morgan fingerprint density at radius 1 is 1.25 bits per heavy atom. The van der Waals surface area contributed by atoms with Crippen LogP contribution in [0.2, 0.25) is 5.02 Å².